The topological polar surface area (TPSA) is 75.3 Å². The van der Waals surface area contributed by atoms with E-state index in [1.807, 2.05) is 0 Å². The van der Waals surface area contributed by atoms with Crippen LogP contribution in [0, 0.1) is 0 Å². The highest BCUT2D eigenvalue weighted by Gasteiger charge is 2.02. The minimum absolute atomic E-state index is 0.0663. The van der Waals surface area contributed by atoms with Crippen molar-refractivity contribution in [2.45, 2.75) is 0 Å². The van der Waals surface area contributed by atoms with E-state index in [1.54, 1.807) is 23.1 Å². The predicted octanol–water partition coefficient (Wildman–Crippen LogP) is -0.472. The van der Waals surface area contributed by atoms with E-state index in [0.29, 0.717) is 18.0 Å². The van der Waals surface area contributed by atoms with Crippen LogP contribution in [0.2, 0.25) is 0 Å². The maximum Gasteiger partial charge on any atom is 0.203 e. The van der Waals surface area contributed by atoms with E-state index in [4.69, 9.17) is 5.11 Å². The van der Waals surface area contributed by atoms with E-state index in [0.717, 1.165) is 0 Å². The van der Waals surface area contributed by atoms with Crippen LogP contribution in [0.15, 0.2) is 18.7 Å². The van der Waals surface area contributed by atoms with Gasteiger partial charge in [0, 0.05) is 18.9 Å². The molecule has 0 radical (unpaired) electrons. The molecule has 68 valence electrons. The molecule has 6 nitrogen and oxygen atoms in total. The first-order valence-corrected chi connectivity index (χ1v) is 3.91. The van der Waals surface area contributed by atoms with Crippen molar-refractivity contribution >= 4 is 11.5 Å². The highest BCUT2D eigenvalue weighted by atomic mass is 16.3. The zero-order valence-corrected chi connectivity index (χ0v) is 6.88. The molecule has 0 aliphatic carbocycles. The number of aromatic nitrogens is 4. The summed E-state index contributed by atoms with van der Waals surface area (Å²) in [6.45, 7) is 0.524. The molecule has 0 unspecified atom stereocenters. The molecule has 0 fully saturated rings. The van der Waals surface area contributed by atoms with Gasteiger partial charge >= 0.3 is 0 Å². The Morgan fingerprint density at radius 3 is 3.31 bits per heavy atom. The van der Waals surface area contributed by atoms with Crippen LogP contribution in [-0.2, 0) is 0 Å². The van der Waals surface area contributed by atoms with E-state index in [9.17, 15) is 0 Å². The summed E-state index contributed by atoms with van der Waals surface area (Å²) in [5.74, 6) is 0.633. The Bertz CT molecular complexity index is 398. The molecule has 2 aromatic rings. The molecule has 2 heterocycles. The van der Waals surface area contributed by atoms with Gasteiger partial charge in [-0.05, 0) is 0 Å². The quantitative estimate of drug-likeness (QED) is 0.666. The summed E-state index contributed by atoms with van der Waals surface area (Å²) >= 11 is 0. The van der Waals surface area contributed by atoms with E-state index in [1.165, 1.54) is 0 Å². The summed E-state index contributed by atoms with van der Waals surface area (Å²) in [6.07, 6.45) is 5.01. The maximum atomic E-state index is 8.62. The maximum absolute atomic E-state index is 8.62. The lowest BCUT2D eigenvalue weighted by molar-refractivity contribution is 0.311. The summed E-state index contributed by atoms with van der Waals surface area (Å²) in [6, 6.07) is 0. The van der Waals surface area contributed by atoms with E-state index in [-0.39, 0.29) is 6.61 Å². The second-order valence-corrected chi connectivity index (χ2v) is 2.49. The Kier molecular flexibility index (Phi) is 2.05. The van der Waals surface area contributed by atoms with Crippen LogP contribution in [0.5, 0.6) is 0 Å². The summed E-state index contributed by atoms with van der Waals surface area (Å²) in [7, 11) is 0. The van der Waals surface area contributed by atoms with E-state index >= 15 is 0 Å². The fourth-order valence-corrected chi connectivity index (χ4v) is 1.06. The first-order valence-electron chi connectivity index (χ1n) is 3.91. The van der Waals surface area contributed by atoms with Crippen LogP contribution in [-0.4, -0.2) is 37.8 Å². The highest BCUT2D eigenvalue weighted by molar-refractivity contribution is 5.61. The van der Waals surface area contributed by atoms with Gasteiger partial charge in [0.2, 0.25) is 5.65 Å². The largest absolute Gasteiger partial charge is 0.395 e. The summed E-state index contributed by atoms with van der Waals surface area (Å²) in [5.41, 5.74) is 0.663. The molecule has 0 atom stereocenters. The molecule has 0 aliphatic rings. The lowest BCUT2D eigenvalue weighted by Crippen LogP contribution is -2.08. The minimum Gasteiger partial charge on any atom is -0.395 e. The zero-order chi connectivity index (χ0) is 9.10. The first kappa shape index (κ1) is 7.93. The number of rotatable bonds is 3. The average molecular weight is 179 g/mol. The predicted molar refractivity (Wildman–Crippen MR) is 46.4 cm³/mol. The minimum atomic E-state index is 0.0663. The third-order valence-electron chi connectivity index (χ3n) is 1.62. The number of nitrogens with one attached hydrogen (secondary N) is 1. The van der Waals surface area contributed by atoms with Gasteiger partial charge in [-0.15, -0.1) is 10.2 Å². The van der Waals surface area contributed by atoms with E-state index < -0.39 is 0 Å². The molecule has 0 aliphatic heterocycles. The summed E-state index contributed by atoms with van der Waals surface area (Å²) in [5, 5.41) is 19.2. The van der Waals surface area contributed by atoms with Crippen LogP contribution in [0.25, 0.3) is 5.65 Å². The fraction of sp³-hybridized carbons (Fsp3) is 0.286. The van der Waals surface area contributed by atoms with Crippen LogP contribution in [0.3, 0.4) is 0 Å². The number of aliphatic hydroxyl groups excluding tert-OH is 1. The number of nitrogens with zero attached hydrogens (tertiary/aromatic N) is 4. The van der Waals surface area contributed by atoms with Gasteiger partial charge in [0.1, 0.15) is 6.33 Å². The summed E-state index contributed by atoms with van der Waals surface area (Å²) < 4.78 is 1.76. The highest BCUT2D eigenvalue weighted by Crippen LogP contribution is 2.08. The third-order valence-corrected chi connectivity index (χ3v) is 1.62. The molecule has 0 amide bonds. The molecule has 0 saturated heterocycles. The molecule has 6 heteroatoms. The van der Waals surface area contributed by atoms with Crippen LogP contribution < -0.4 is 5.32 Å². The van der Waals surface area contributed by atoms with Crippen molar-refractivity contribution in [2.24, 2.45) is 0 Å². The standard InChI is InChI=1S/C7H9N5O/c13-4-2-9-6-7-11-10-5-12(7)3-1-8-6/h1,3,5,13H,2,4H2,(H,8,9). The van der Waals surface area contributed by atoms with Gasteiger partial charge in [-0.3, -0.25) is 4.40 Å². The summed E-state index contributed by atoms with van der Waals surface area (Å²) in [4.78, 5) is 4.07. The molecule has 0 aromatic carbocycles. The molecule has 13 heavy (non-hydrogen) atoms. The first-order chi connectivity index (χ1) is 6.42. The number of hydrogen-bond donors (Lipinski definition) is 2. The molecule has 2 rings (SSSR count). The number of fused-ring (bicyclic) bond motifs is 1. The lowest BCUT2D eigenvalue weighted by atomic mass is 10.5. The molecule has 2 N–H and O–H groups in total. The molecule has 0 spiro atoms. The second-order valence-electron chi connectivity index (χ2n) is 2.49. The van der Waals surface area contributed by atoms with Crippen molar-refractivity contribution in [3.63, 3.8) is 0 Å². The zero-order valence-electron chi connectivity index (χ0n) is 6.88. The molecular formula is C7H9N5O. The van der Waals surface area contributed by atoms with Crippen LogP contribution in [0.4, 0.5) is 5.82 Å². The van der Waals surface area contributed by atoms with Gasteiger partial charge < -0.3 is 10.4 Å². The second kappa shape index (κ2) is 3.36. The number of aliphatic hydroxyl groups is 1. The number of anilines is 1. The average Bonchev–Trinajstić information content (AvgIpc) is 2.62. The molecule has 0 saturated carbocycles. The van der Waals surface area contributed by atoms with Crippen LogP contribution in [0.1, 0.15) is 0 Å². The van der Waals surface area contributed by atoms with Crippen LogP contribution >= 0.6 is 0 Å². The Hall–Kier alpha value is -1.69. The molecular weight excluding hydrogens is 170 g/mol. The van der Waals surface area contributed by atoms with Crippen molar-refractivity contribution in [1.29, 1.82) is 0 Å². The SMILES string of the molecule is OCCNc1nccn2cnnc12. The van der Waals surface area contributed by atoms with Gasteiger partial charge in [-0.2, -0.15) is 0 Å². The van der Waals surface area contributed by atoms with Crippen molar-refractivity contribution in [3.8, 4) is 0 Å². The third kappa shape index (κ3) is 1.43. The van der Waals surface area contributed by atoms with Crippen molar-refractivity contribution in [2.75, 3.05) is 18.5 Å². The lowest BCUT2D eigenvalue weighted by Gasteiger charge is -2.02. The normalized spacial score (nSPS) is 10.5. The monoisotopic (exact) mass is 179 g/mol. The Morgan fingerprint density at radius 1 is 1.54 bits per heavy atom. The Morgan fingerprint density at radius 2 is 2.46 bits per heavy atom. The fourth-order valence-electron chi connectivity index (χ4n) is 1.06. The van der Waals surface area contributed by atoms with Gasteiger partial charge in [0.15, 0.2) is 5.82 Å². The molecule has 2 aromatic heterocycles. The Balaban J connectivity index is 2.37. The van der Waals surface area contributed by atoms with Crippen molar-refractivity contribution in [1.82, 2.24) is 19.6 Å². The van der Waals surface area contributed by atoms with Gasteiger partial charge in [-0.1, -0.05) is 0 Å². The van der Waals surface area contributed by atoms with Gasteiger partial charge in [-0.25, -0.2) is 4.98 Å². The Labute approximate surface area is 74.3 Å². The van der Waals surface area contributed by atoms with Crippen molar-refractivity contribution < 1.29 is 5.11 Å². The van der Waals surface area contributed by atoms with Gasteiger partial charge in [0.25, 0.3) is 0 Å². The van der Waals surface area contributed by atoms with Crippen molar-refractivity contribution in [3.05, 3.63) is 18.7 Å². The van der Waals surface area contributed by atoms with Gasteiger partial charge in [0.05, 0.1) is 6.61 Å². The number of hydrogen-bond acceptors (Lipinski definition) is 5. The smallest absolute Gasteiger partial charge is 0.203 e. The molecule has 0 bridgehead atoms. The van der Waals surface area contributed by atoms with E-state index in [2.05, 4.69) is 20.5 Å².